The Morgan fingerprint density at radius 2 is 2.00 bits per heavy atom. The maximum absolute atomic E-state index is 12.9. The van der Waals surface area contributed by atoms with Gasteiger partial charge in [-0.1, -0.05) is 6.07 Å². The van der Waals surface area contributed by atoms with Crippen molar-refractivity contribution in [1.82, 2.24) is 5.32 Å². The number of hydrogen-bond donors (Lipinski definition) is 1. The average molecular weight is 298 g/mol. The van der Waals surface area contributed by atoms with E-state index >= 15 is 0 Å². The van der Waals surface area contributed by atoms with E-state index in [2.05, 4.69) is 10.2 Å². The molecule has 1 saturated heterocycles. The van der Waals surface area contributed by atoms with E-state index in [1.807, 2.05) is 6.92 Å². The van der Waals surface area contributed by atoms with Gasteiger partial charge in [-0.05, 0) is 56.3 Å². The second-order valence-corrected chi connectivity index (χ2v) is 6.28. The van der Waals surface area contributed by atoms with Crippen LogP contribution in [-0.2, 0) is 6.18 Å². The summed E-state index contributed by atoms with van der Waals surface area (Å²) in [4.78, 5) is 2.10. The highest BCUT2D eigenvalue weighted by atomic mass is 19.4. The van der Waals surface area contributed by atoms with E-state index in [0.717, 1.165) is 37.3 Å². The summed E-state index contributed by atoms with van der Waals surface area (Å²) in [6.45, 7) is 4.56. The van der Waals surface area contributed by atoms with Crippen molar-refractivity contribution in [2.24, 2.45) is 5.92 Å². The van der Waals surface area contributed by atoms with Gasteiger partial charge in [0.2, 0.25) is 0 Å². The van der Waals surface area contributed by atoms with E-state index < -0.39 is 11.7 Å². The summed E-state index contributed by atoms with van der Waals surface area (Å²) in [5, 5.41) is 3.51. The molecule has 1 heterocycles. The third-order valence-electron chi connectivity index (χ3n) is 4.44. The molecule has 1 unspecified atom stereocenters. The Hall–Kier alpha value is -1.23. The molecule has 5 heteroatoms. The summed E-state index contributed by atoms with van der Waals surface area (Å²) in [7, 11) is 0. The van der Waals surface area contributed by atoms with E-state index in [9.17, 15) is 13.2 Å². The van der Waals surface area contributed by atoms with Crippen LogP contribution in [0, 0.1) is 12.8 Å². The minimum atomic E-state index is -4.27. The van der Waals surface area contributed by atoms with Gasteiger partial charge in [-0.3, -0.25) is 0 Å². The van der Waals surface area contributed by atoms with Crippen LogP contribution in [0.1, 0.15) is 30.4 Å². The minimum Gasteiger partial charge on any atom is -0.371 e. The van der Waals surface area contributed by atoms with Crippen molar-refractivity contribution in [1.29, 1.82) is 0 Å². The van der Waals surface area contributed by atoms with Gasteiger partial charge in [0, 0.05) is 24.8 Å². The molecule has 2 aliphatic rings. The first kappa shape index (κ1) is 14.7. The molecule has 1 saturated carbocycles. The number of alkyl halides is 3. The van der Waals surface area contributed by atoms with E-state index in [0.29, 0.717) is 12.0 Å². The smallest absolute Gasteiger partial charge is 0.371 e. The van der Waals surface area contributed by atoms with Gasteiger partial charge >= 0.3 is 6.18 Å². The topological polar surface area (TPSA) is 15.3 Å². The summed E-state index contributed by atoms with van der Waals surface area (Å²) >= 11 is 0. The second-order valence-electron chi connectivity index (χ2n) is 6.28. The summed E-state index contributed by atoms with van der Waals surface area (Å²) in [6, 6.07) is 4.73. The number of nitrogens with one attached hydrogen (secondary N) is 1. The predicted octanol–water partition coefficient (Wildman–Crippen LogP) is 3.59. The number of benzene rings is 1. The van der Waals surface area contributed by atoms with Crippen molar-refractivity contribution in [3.8, 4) is 0 Å². The van der Waals surface area contributed by atoms with E-state index in [1.165, 1.54) is 25.0 Å². The molecule has 0 aromatic heterocycles. The van der Waals surface area contributed by atoms with Crippen molar-refractivity contribution >= 4 is 5.69 Å². The molecule has 0 spiro atoms. The molecule has 1 aromatic carbocycles. The van der Waals surface area contributed by atoms with Gasteiger partial charge in [-0.25, -0.2) is 0 Å². The van der Waals surface area contributed by atoms with E-state index in [-0.39, 0.29) is 0 Å². The normalized spacial score (nSPS) is 22.9. The standard InChI is InChI=1S/C16H21F3N2/c1-11-2-3-13(16(17,18)19)8-15(11)21-7-6-12(10-21)9-20-14-4-5-14/h2-3,8,12,14,20H,4-7,9-10H2,1H3. The number of rotatable bonds is 4. The van der Waals surface area contributed by atoms with Gasteiger partial charge in [0.1, 0.15) is 0 Å². The lowest BCUT2D eigenvalue weighted by Gasteiger charge is -2.22. The first-order valence-corrected chi connectivity index (χ1v) is 7.59. The molecule has 1 aliphatic carbocycles. The van der Waals surface area contributed by atoms with Gasteiger partial charge in [0.25, 0.3) is 0 Å². The molecule has 0 amide bonds. The van der Waals surface area contributed by atoms with Crippen molar-refractivity contribution in [2.75, 3.05) is 24.5 Å². The maximum atomic E-state index is 12.9. The number of nitrogens with zero attached hydrogens (tertiary/aromatic N) is 1. The molecule has 3 rings (SSSR count). The highest BCUT2D eigenvalue weighted by molar-refractivity contribution is 5.56. The Bertz CT molecular complexity index is 509. The minimum absolute atomic E-state index is 0.541. The maximum Gasteiger partial charge on any atom is 0.416 e. The summed E-state index contributed by atoms with van der Waals surface area (Å²) in [5.41, 5.74) is 1.10. The molecule has 1 aliphatic heterocycles. The SMILES string of the molecule is Cc1ccc(C(F)(F)F)cc1N1CCC(CNC2CC2)C1. The van der Waals surface area contributed by atoms with Crippen LogP contribution in [0.4, 0.5) is 18.9 Å². The number of halogens is 3. The Morgan fingerprint density at radius 3 is 2.67 bits per heavy atom. The van der Waals surface area contributed by atoms with Crippen LogP contribution in [0.2, 0.25) is 0 Å². The van der Waals surface area contributed by atoms with Gasteiger partial charge in [-0.2, -0.15) is 13.2 Å². The zero-order chi connectivity index (χ0) is 15.0. The molecule has 1 aromatic rings. The van der Waals surface area contributed by atoms with E-state index in [1.54, 1.807) is 6.07 Å². The Morgan fingerprint density at radius 1 is 1.24 bits per heavy atom. The lowest BCUT2D eigenvalue weighted by atomic mass is 10.1. The van der Waals surface area contributed by atoms with Crippen molar-refractivity contribution in [3.05, 3.63) is 29.3 Å². The van der Waals surface area contributed by atoms with Gasteiger partial charge in [0.05, 0.1) is 5.56 Å². The Balaban J connectivity index is 1.68. The predicted molar refractivity (Wildman–Crippen MR) is 77.5 cm³/mol. The van der Waals surface area contributed by atoms with Crippen LogP contribution in [0.15, 0.2) is 18.2 Å². The highest BCUT2D eigenvalue weighted by Crippen LogP contribution is 2.35. The molecular weight excluding hydrogens is 277 g/mol. The van der Waals surface area contributed by atoms with Crippen molar-refractivity contribution in [3.63, 3.8) is 0 Å². The molecule has 21 heavy (non-hydrogen) atoms. The van der Waals surface area contributed by atoms with Crippen LogP contribution in [0.25, 0.3) is 0 Å². The van der Waals surface area contributed by atoms with Crippen molar-refractivity contribution < 1.29 is 13.2 Å². The Kier molecular flexibility index (Phi) is 3.86. The first-order valence-electron chi connectivity index (χ1n) is 7.59. The fourth-order valence-corrected chi connectivity index (χ4v) is 2.97. The number of anilines is 1. The zero-order valence-corrected chi connectivity index (χ0v) is 12.2. The molecular formula is C16H21F3N2. The van der Waals surface area contributed by atoms with Crippen LogP contribution in [0.5, 0.6) is 0 Å². The molecule has 0 bridgehead atoms. The quantitative estimate of drug-likeness (QED) is 0.914. The third kappa shape index (κ3) is 3.51. The van der Waals surface area contributed by atoms with Crippen molar-refractivity contribution in [2.45, 2.75) is 38.4 Å². The molecule has 1 N–H and O–H groups in total. The fourth-order valence-electron chi connectivity index (χ4n) is 2.97. The average Bonchev–Trinajstić information content (AvgIpc) is 3.13. The molecule has 1 atom stereocenters. The largest absolute Gasteiger partial charge is 0.416 e. The van der Waals surface area contributed by atoms with Crippen LogP contribution in [-0.4, -0.2) is 25.7 Å². The van der Waals surface area contributed by atoms with Gasteiger partial charge < -0.3 is 10.2 Å². The number of aryl methyl sites for hydroxylation is 1. The lowest BCUT2D eigenvalue weighted by Crippen LogP contribution is -2.28. The number of hydrogen-bond acceptors (Lipinski definition) is 2. The van der Waals surface area contributed by atoms with Crippen LogP contribution in [0.3, 0.4) is 0 Å². The third-order valence-corrected chi connectivity index (χ3v) is 4.44. The summed E-state index contributed by atoms with van der Waals surface area (Å²) in [6.07, 6.45) is -0.684. The summed E-state index contributed by atoms with van der Waals surface area (Å²) in [5.74, 6) is 0.541. The van der Waals surface area contributed by atoms with Crippen LogP contribution >= 0.6 is 0 Å². The van der Waals surface area contributed by atoms with E-state index in [4.69, 9.17) is 0 Å². The molecule has 116 valence electrons. The van der Waals surface area contributed by atoms with Crippen LogP contribution < -0.4 is 10.2 Å². The molecule has 2 fully saturated rings. The second kappa shape index (κ2) is 5.52. The summed E-state index contributed by atoms with van der Waals surface area (Å²) < 4.78 is 38.6. The Labute approximate surface area is 123 Å². The zero-order valence-electron chi connectivity index (χ0n) is 12.2. The van der Waals surface area contributed by atoms with Gasteiger partial charge in [-0.15, -0.1) is 0 Å². The molecule has 0 radical (unpaired) electrons. The van der Waals surface area contributed by atoms with Gasteiger partial charge in [0.15, 0.2) is 0 Å². The first-order chi connectivity index (χ1) is 9.93. The lowest BCUT2D eigenvalue weighted by molar-refractivity contribution is -0.137. The molecule has 2 nitrogen and oxygen atoms in total. The monoisotopic (exact) mass is 298 g/mol. The fraction of sp³-hybridized carbons (Fsp3) is 0.625. The highest BCUT2D eigenvalue weighted by Gasteiger charge is 2.32.